The van der Waals surface area contributed by atoms with Crippen LogP contribution in [0.4, 0.5) is 14.8 Å². The second-order valence-corrected chi connectivity index (χ2v) is 9.31. The molecule has 0 spiro atoms. The molecule has 3 aromatic heterocycles. The third kappa shape index (κ3) is 4.36. The molecule has 0 fully saturated rings. The number of hydrogen-bond acceptors (Lipinski definition) is 12. The van der Waals surface area contributed by atoms with Crippen molar-refractivity contribution >= 4 is 81.4 Å². The average Bonchev–Trinajstić information content (AvgIpc) is 3.65. The number of ether oxygens (including phenoxy) is 1. The van der Waals surface area contributed by atoms with Crippen LogP contribution in [0.25, 0.3) is 31.2 Å². The van der Waals surface area contributed by atoms with Gasteiger partial charge < -0.3 is 4.74 Å². The van der Waals surface area contributed by atoms with Crippen LogP contribution < -0.4 is 0 Å². The predicted molar refractivity (Wildman–Crippen MR) is 137 cm³/mol. The first-order valence-corrected chi connectivity index (χ1v) is 11.9. The minimum atomic E-state index is -0.782. The zero-order valence-corrected chi connectivity index (χ0v) is 20.0. The molecule has 0 aliphatic rings. The van der Waals surface area contributed by atoms with Gasteiger partial charge in [-0.05, 0) is 17.7 Å². The van der Waals surface area contributed by atoms with Crippen molar-refractivity contribution in [3.63, 3.8) is 0 Å². The van der Waals surface area contributed by atoms with Crippen molar-refractivity contribution < 1.29 is 9.53 Å². The molecule has 0 atom stereocenters. The van der Waals surface area contributed by atoms with E-state index in [9.17, 15) is 4.79 Å². The van der Waals surface area contributed by atoms with Gasteiger partial charge in [0.15, 0.2) is 0 Å². The maximum atomic E-state index is 12.7. The number of thiophene rings is 2. The lowest BCUT2D eigenvalue weighted by Crippen LogP contribution is -2.16. The lowest BCUT2D eigenvalue weighted by Gasteiger charge is -2.02. The smallest absolute Gasteiger partial charge is 0.442 e. The van der Waals surface area contributed by atoms with Crippen molar-refractivity contribution in [1.82, 2.24) is 15.0 Å². The number of carbonyl (C=O) groups excluding carboxylic acids is 1. The van der Waals surface area contributed by atoms with Crippen LogP contribution in [0, 0.1) is 45.3 Å². The average molecular weight is 520 g/mol. The molecule has 37 heavy (non-hydrogen) atoms. The third-order valence-corrected chi connectivity index (χ3v) is 7.23. The molecule has 13 heteroatoms. The molecule has 5 rings (SSSR count). The summed E-state index contributed by atoms with van der Waals surface area (Å²) in [7, 11) is 0. The highest BCUT2D eigenvalue weighted by Gasteiger charge is 2.21. The highest BCUT2D eigenvalue weighted by molar-refractivity contribution is 7.30. The third-order valence-electron chi connectivity index (χ3n) is 5.00. The van der Waals surface area contributed by atoms with E-state index < -0.39 is 6.09 Å². The quantitative estimate of drug-likeness (QED) is 0.288. The minimum Gasteiger partial charge on any atom is -0.442 e. The Morgan fingerprint density at radius 2 is 1.32 bits per heavy atom. The van der Waals surface area contributed by atoms with E-state index in [1.165, 1.54) is 22.7 Å². The van der Waals surface area contributed by atoms with Gasteiger partial charge in [0.1, 0.15) is 51.9 Å². The van der Waals surface area contributed by atoms with Crippen LogP contribution in [-0.2, 0) is 11.3 Å². The van der Waals surface area contributed by atoms with Gasteiger partial charge in [0.05, 0.1) is 9.40 Å². The lowest BCUT2D eigenvalue weighted by molar-refractivity contribution is 0.134. The highest BCUT2D eigenvalue weighted by Crippen LogP contribution is 2.46. The molecular formula is C24H9N9O2S2. The van der Waals surface area contributed by atoms with E-state index in [-0.39, 0.29) is 18.0 Å². The SMILES string of the molecule is N#CC(C#N)=Nc1cc2c3nn(C(=O)OCc4ccccc4)nc3c3cc(N=C(C#N)C#N)sc3c2s1. The van der Waals surface area contributed by atoms with Crippen molar-refractivity contribution in [2.45, 2.75) is 6.61 Å². The molecule has 0 aliphatic carbocycles. The van der Waals surface area contributed by atoms with Crippen LogP contribution in [0.1, 0.15) is 5.56 Å². The fraction of sp³-hybridized carbons (Fsp3) is 0.0417. The molecule has 0 radical (unpaired) electrons. The molecule has 0 saturated heterocycles. The van der Waals surface area contributed by atoms with Crippen LogP contribution >= 0.6 is 22.7 Å². The monoisotopic (exact) mass is 519 g/mol. The van der Waals surface area contributed by atoms with Crippen LogP contribution in [0.3, 0.4) is 0 Å². The van der Waals surface area contributed by atoms with Gasteiger partial charge in [-0.2, -0.15) is 21.0 Å². The molecule has 0 unspecified atom stereocenters. The first-order valence-electron chi connectivity index (χ1n) is 10.3. The maximum absolute atomic E-state index is 12.7. The van der Waals surface area contributed by atoms with E-state index in [0.717, 1.165) is 10.4 Å². The first kappa shape index (κ1) is 23.3. The Morgan fingerprint density at radius 3 is 1.78 bits per heavy atom. The molecule has 3 heterocycles. The summed E-state index contributed by atoms with van der Waals surface area (Å²) in [5, 5.41) is 47.1. The number of benzene rings is 2. The summed E-state index contributed by atoms with van der Waals surface area (Å²) in [5.41, 5.74) is 0.935. The van der Waals surface area contributed by atoms with Crippen LogP contribution in [0.15, 0.2) is 52.4 Å². The predicted octanol–water partition coefficient (Wildman–Crippen LogP) is 5.28. The minimum absolute atomic E-state index is 0.0349. The molecule has 2 aromatic carbocycles. The normalized spacial score (nSPS) is 10.3. The number of hydrogen-bond donors (Lipinski definition) is 0. The number of aromatic nitrogens is 3. The van der Waals surface area contributed by atoms with Gasteiger partial charge >= 0.3 is 6.09 Å². The van der Waals surface area contributed by atoms with Crippen molar-refractivity contribution in [3.05, 3.63) is 48.0 Å². The van der Waals surface area contributed by atoms with E-state index in [4.69, 9.17) is 25.8 Å². The highest BCUT2D eigenvalue weighted by atomic mass is 32.1. The summed E-state index contributed by atoms with van der Waals surface area (Å²) in [6.07, 6.45) is -0.782. The summed E-state index contributed by atoms with van der Waals surface area (Å²) in [6.45, 7) is 0.0349. The topological polar surface area (TPSA) is 177 Å². The molecule has 5 aromatic rings. The lowest BCUT2D eigenvalue weighted by atomic mass is 10.1. The number of nitriles is 4. The zero-order valence-electron chi connectivity index (χ0n) is 18.4. The Bertz CT molecular complexity index is 1810. The van der Waals surface area contributed by atoms with Gasteiger partial charge in [-0.15, -0.1) is 32.9 Å². The zero-order chi connectivity index (χ0) is 25.9. The van der Waals surface area contributed by atoms with E-state index in [0.29, 0.717) is 41.2 Å². The van der Waals surface area contributed by atoms with Crippen molar-refractivity contribution in [2.75, 3.05) is 0 Å². The molecule has 0 amide bonds. The summed E-state index contributed by atoms with van der Waals surface area (Å²) >= 11 is 2.44. The molecule has 0 bridgehead atoms. The van der Waals surface area contributed by atoms with Gasteiger partial charge in [-0.25, -0.2) is 14.8 Å². The van der Waals surface area contributed by atoms with Gasteiger partial charge in [-0.1, -0.05) is 35.1 Å². The maximum Gasteiger partial charge on any atom is 0.452 e. The van der Waals surface area contributed by atoms with Gasteiger partial charge in [-0.3, -0.25) is 0 Å². The second-order valence-electron chi connectivity index (χ2n) is 7.25. The summed E-state index contributed by atoms with van der Waals surface area (Å²) < 4.78 is 6.78. The Morgan fingerprint density at radius 1 is 0.838 bits per heavy atom. The largest absolute Gasteiger partial charge is 0.452 e. The van der Waals surface area contributed by atoms with E-state index in [2.05, 4.69) is 20.2 Å². The molecule has 0 saturated carbocycles. The standard InChI is InChI=1S/C24H9N9O2S2/c25-8-14(9-26)29-18-6-16-20-21(32-33(31-20)24(34)35-12-13-4-2-1-3-5-13)17-7-19(30-15(10-27)11-28)37-23(17)22(16)36-18/h1-7H,12H2. The molecule has 174 valence electrons. The van der Waals surface area contributed by atoms with E-state index in [1.54, 1.807) is 36.4 Å². The first-order chi connectivity index (χ1) is 18.0. The number of fused-ring (bicyclic) bond motifs is 6. The van der Waals surface area contributed by atoms with Gasteiger partial charge in [0.2, 0.25) is 11.4 Å². The summed E-state index contributed by atoms with van der Waals surface area (Å²) in [4.78, 5) is 21.8. The summed E-state index contributed by atoms with van der Waals surface area (Å²) in [5.74, 6) is 0. The number of aliphatic imine (C=N–C) groups is 2. The van der Waals surface area contributed by atoms with Crippen LogP contribution in [0.5, 0.6) is 0 Å². The van der Waals surface area contributed by atoms with Crippen molar-refractivity contribution in [1.29, 1.82) is 21.0 Å². The van der Waals surface area contributed by atoms with Crippen LogP contribution in [0.2, 0.25) is 0 Å². The molecule has 11 nitrogen and oxygen atoms in total. The fourth-order valence-corrected chi connectivity index (χ4v) is 5.69. The Hall–Kier alpha value is -5.47. The number of rotatable bonds is 4. The number of carbonyl (C=O) groups is 1. The van der Waals surface area contributed by atoms with Gasteiger partial charge in [0.25, 0.3) is 0 Å². The Labute approximate surface area is 215 Å². The van der Waals surface area contributed by atoms with E-state index >= 15 is 0 Å². The molecule has 0 N–H and O–H groups in total. The second kappa shape index (κ2) is 9.65. The number of nitrogens with zero attached hydrogens (tertiary/aromatic N) is 9. The summed E-state index contributed by atoms with van der Waals surface area (Å²) in [6, 6.07) is 19.4. The Balaban J connectivity index is 1.69. The molecule has 0 aliphatic heterocycles. The fourth-order valence-electron chi connectivity index (χ4n) is 3.45. The van der Waals surface area contributed by atoms with E-state index in [1.807, 2.05) is 30.3 Å². The van der Waals surface area contributed by atoms with Crippen LogP contribution in [-0.4, -0.2) is 32.5 Å². The van der Waals surface area contributed by atoms with Crippen molar-refractivity contribution in [3.8, 4) is 24.3 Å². The molecular weight excluding hydrogens is 510 g/mol. The van der Waals surface area contributed by atoms with Crippen molar-refractivity contribution in [2.24, 2.45) is 9.98 Å². The van der Waals surface area contributed by atoms with Gasteiger partial charge in [0, 0.05) is 10.8 Å². The Kier molecular flexibility index (Phi) is 6.07.